The number of carbonyl (C=O) groups is 4. The van der Waals surface area contributed by atoms with Crippen molar-refractivity contribution in [1.29, 1.82) is 0 Å². The van der Waals surface area contributed by atoms with Gasteiger partial charge in [0.2, 0.25) is 6.41 Å². The minimum absolute atomic E-state index is 0.0474. The molecular weight excluding hydrogens is 302 g/mol. The average Bonchev–Trinajstić information content (AvgIpc) is 2.74. The van der Waals surface area contributed by atoms with E-state index in [4.69, 9.17) is 0 Å². The van der Waals surface area contributed by atoms with Crippen LogP contribution in [-0.4, -0.2) is 51.4 Å². The summed E-state index contributed by atoms with van der Waals surface area (Å²) in [6, 6.07) is 5.21. The van der Waals surface area contributed by atoms with E-state index in [0.29, 0.717) is 12.0 Å². The van der Waals surface area contributed by atoms with E-state index in [1.807, 2.05) is 0 Å². The Bertz CT molecular complexity index is 644. The zero-order valence-electron chi connectivity index (χ0n) is 12.7. The van der Waals surface area contributed by atoms with Gasteiger partial charge in [0.25, 0.3) is 0 Å². The topological polar surface area (TPSA) is 107 Å². The molecule has 5 amide bonds. The maximum atomic E-state index is 12.4. The largest absolute Gasteiger partial charge is 0.479 e. The van der Waals surface area contributed by atoms with Crippen molar-refractivity contribution in [3.05, 3.63) is 35.9 Å². The maximum absolute atomic E-state index is 12.4. The number of urea groups is 2. The first kappa shape index (κ1) is 16.5. The van der Waals surface area contributed by atoms with Crippen LogP contribution in [0.2, 0.25) is 0 Å². The minimum atomic E-state index is -1.29. The SMILES string of the molecule is CC1(C)CN(C=O)C(=O)N1C(=O)NC(C(=O)O)c1ccccc1. The first-order valence-corrected chi connectivity index (χ1v) is 6.92. The van der Waals surface area contributed by atoms with Gasteiger partial charge in [-0.2, -0.15) is 0 Å². The summed E-state index contributed by atoms with van der Waals surface area (Å²) in [5, 5.41) is 11.7. The van der Waals surface area contributed by atoms with E-state index in [2.05, 4.69) is 5.32 Å². The van der Waals surface area contributed by atoms with Gasteiger partial charge in [0.05, 0.1) is 12.1 Å². The second kappa shape index (κ2) is 6.07. The van der Waals surface area contributed by atoms with Gasteiger partial charge in [0.1, 0.15) is 0 Å². The molecule has 1 heterocycles. The Kier molecular flexibility index (Phi) is 4.35. The van der Waals surface area contributed by atoms with Crippen molar-refractivity contribution in [2.24, 2.45) is 0 Å². The number of carboxylic acids is 1. The highest BCUT2D eigenvalue weighted by Crippen LogP contribution is 2.26. The van der Waals surface area contributed by atoms with Gasteiger partial charge in [0.15, 0.2) is 6.04 Å². The molecule has 8 nitrogen and oxygen atoms in total. The summed E-state index contributed by atoms with van der Waals surface area (Å²) in [6.45, 7) is 3.28. The molecule has 23 heavy (non-hydrogen) atoms. The summed E-state index contributed by atoms with van der Waals surface area (Å²) in [5.41, 5.74) is -0.549. The van der Waals surface area contributed by atoms with Gasteiger partial charge in [-0.3, -0.25) is 9.69 Å². The summed E-state index contributed by atoms with van der Waals surface area (Å²) in [5.74, 6) is -1.25. The zero-order valence-corrected chi connectivity index (χ0v) is 12.7. The molecule has 0 saturated carbocycles. The molecular formula is C15H17N3O5. The number of aliphatic carboxylic acids is 1. The van der Waals surface area contributed by atoms with Gasteiger partial charge in [0, 0.05) is 0 Å². The molecule has 1 aromatic rings. The van der Waals surface area contributed by atoms with Crippen molar-refractivity contribution in [2.45, 2.75) is 25.4 Å². The molecule has 0 radical (unpaired) electrons. The maximum Gasteiger partial charge on any atom is 0.335 e. The molecule has 1 saturated heterocycles. The number of hydrogen-bond donors (Lipinski definition) is 2. The summed E-state index contributed by atoms with van der Waals surface area (Å²) in [7, 11) is 0. The lowest BCUT2D eigenvalue weighted by Crippen LogP contribution is -2.52. The Morgan fingerprint density at radius 3 is 2.39 bits per heavy atom. The Balaban J connectivity index is 2.24. The molecule has 1 aromatic carbocycles. The van der Waals surface area contributed by atoms with Crippen molar-refractivity contribution in [2.75, 3.05) is 6.54 Å². The van der Waals surface area contributed by atoms with E-state index < -0.39 is 29.6 Å². The molecule has 1 atom stereocenters. The molecule has 1 aliphatic heterocycles. The molecule has 1 fully saturated rings. The van der Waals surface area contributed by atoms with Gasteiger partial charge in [-0.1, -0.05) is 30.3 Å². The Hall–Kier alpha value is -2.90. The normalized spacial score (nSPS) is 17.7. The molecule has 8 heteroatoms. The van der Waals surface area contributed by atoms with Crippen LogP contribution in [0.3, 0.4) is 0 Å². The molecule has 0 aliphatic carbocycles. The fourth-order valence-corrected chi connectivity index (χ4v) is 2.51. The third kappa shape index (κ3) is 3.15. The molecule has 2 N–H and O–H groups in total. The van der Waals surface area contributed by atoms with Crippen molar-refractivity contribution in [3.8, 4) is 0 Å². The number of hydrogen-bond acceptors (Lipinski definition) is 4. The first-order chi connectivity index (χ1) is 10.8. The van der Waals surface area contributed by atoms with Crippen molar-refractivity contribution >= 4 is 24.4 Å². The van der Waals surface area contributed by atoms with Gasteiger partial charge in [-0.05, 0) is 19.4 Å². The molecule has 0 spiro atoms. The van der Waals surface area contributed by atoms with Gasteiger partial charge >= 0.3 is 18.0 Å². The predicted molar refractivity (Wildman–Crippen MR) is 79.4 cm³/mol. The van der Waals surface area contributed by atoms with E-state index in [0.717, 1.165) is 9.80 Å². The lowest BCUT2D eigenvalue weighted by Gasteiger charge is -2.29. The van der Waals surface area contributed by atoms with Crippen LogP contribution in [0.15, 0.2) is 30.3 Å². The minimum Gasteiger partial charge on any atom is -0.479 e. The van der Waals surface area contributed by atoms with Crippen LogP contribution in [0.1, 0.15) is 25.5 Å². The summed E-state index contributed by atoms with van der Waals surface area (Å²) >= 11 is 0. The smallest absolute Gasteiger partial charge is 0.335 e. The van der Waals surface area contributed by atoms with Crippen molar-refractivity contribution in [3.63, 3.8) is 0 Å². The second-order valence-electron chi connectivity index (χ2n) is 5.80. The predicted octanol–water partition coefficient (Wildman–Crippen LogP) is 1.19. The number of carboxylic acid groups (broad SMARTS) is 1. The highest BCUT2D eigenvalue weighted by atomic mass is 16.4. The molecule has 1 unspecified atom stereocenters. The fourth-order valence-electron chi connectivity index (χ4n) is 2.51. The van der Waals surface area contributed by atoms with Crippen LogP contribution in [0.25, 0.3) is 0 Å². The highest BCUT2D eigenvalue weighted by Gasteiger charge is 2.47. The third-order valence-electron chi connectivity index (χ3n) is 3.58. The lowest BCUT2D eigenvalue weighted by molar-refractivity contribution is -0.139. The number of benzene rings is 1. The van der Waals surface area contributed by atoms with E-state index in [-0.39, 0.29) is 6.54 Å². The molecule has 2 rings (SSSR count). The van der Waals surface area contributed by atoms with Crippen molar-refractivity contribution < 1.29 is 24.3 Å². The summed E-state index contributed by atoms with van der Waals surface area (Å²) in [6.07, 6.45) is 0.350. The zero-order chi connectivity index (χ0) is 17.2. The van der Waals surface area contributed by atoms with E-state index in [1.54, 1.807) is 44.2 Å². The summed E-state index contributed by atoms with van der Waals surface area (Å²) in [4.78, 5) is 48.5. The number of nitrogens with zero attached hydrogens (tertiary/aromatic N) is 2. The quantitative estimate of drug-likeness (QED) is 0.811. The molecule has 0 bridgehead atoms. The van der Waals surface area contributed by atoms with Crippen LogP contribution in [-0.2, 0) is 9.59 Å². The van der Waals surface area contributed by atoms with E-state index in [9.17, 15) is 24.3 Å². The number of rotatable bonds is 4. The van der Waals surface area contributed by atoms with Gasteiger partial charge in [-0.25, -0.2) is 19.3 Å². The second-order valence-corrected chi connectivity index (χ2v) is 5.80. The van der Waals surface area contributed by atoms with E-state index >= 15 is 0 Å². The van der Waals surface area contributed by atoms with Crippen molar-refractivity contribution in [1.82, 2.24) is 15.1 Å². The number of imide groups is 2. The van der Waals surface area contributed by atoms with Crippen LogP contribution in [0.5, 0.6) is 0 Å². The van der Waals surface area contributed by atoms with E-state index in [1.165, 1.54) is 0 Å². The number of carbonyl (C=O) groups excluding carboxylic acids is 3. The molecule has 1 aliphatic rings. The third-order valence-corrected chi connectivity index (χ3v) is 3.58. The Morgan fingerprint density at radius 1 is 1.30 bits per heavy atom. The molecule has 0 aromatic heterocycles. The van der Waals surface area contributed by atoms with Gasteiger partial charge < -0.3 is 10.4 Å². The van der Waals surface area contributed by atoms with Crippen LogP contribution in [0.4, 0.5) is 9.59 Å². The Morgan fingerprint density at radius 2 is 1.91 bits per heavy atom. The standard InChI is InChI=1S/C15H17N3O5/c1-15(2)8-17(9-19)14(23)18(15)13(22)16-11(12(20)21)10-6-4-3-5-7-10/h3-7,9,11H,8H2,1-2H3,(H,16,22)(H,20,21). The first-order valence-electron chi connectivity index (χ1n) is 6.92. The fraction of sp³-hybridized carbons (Fsp3) is 0.333. The lowest BCUT2D eigenvalue weighted by atomic mass is 10.1. The number of amides is 5. The van der Waals surface area contributed by atoms with Gasteiger partial charge in [-0.15, -0.1) is 0 Å². The Labute approximate surface area is 132 Å². The average molecular weight is 319 g/mol. The van der Waals surface area contributed by atoms with Crippen LogP contribution >= 0.6 is 0 Å². The molecule has 122 valence electrons. The number of nitrogens with one attached hydrogen (secondary N) is 1. The highest BCUT2D eigenvalue weighted by molar-refractivity contribution is 6.01. The monoisotopic (exact) mass is 319 g/mol. The summed E-state index contributed by atoms with van der Waals surface area (Å²) < 4.78 is 0. The van der Waals surface area contributed by atoms with Crippen LogP contribution in [0, 0.1) is 0 Å². The van der Waals surface area contributed by atoms with Crippen LogP contribution < -0.4 is 5.32 Å².